The minimum Gasteiger partial charge on any atom is -0.508 e. The molecule has 1 atom stereocenters. The minimum atomic E-state index is -0.843. The molecule has 1 amide bonds. The van der Waals surface area contributed by atoms with Crippen molar-refractivity contribution in [2.75, 3.05) is 6.54 Å². The highest BCUT2D eigenvalue weighted by atomic mass is 35.5. The number of aromatic hydroxyl groups is 1. The summed E-state index contributed by atoms with van der Waals surface area (Å²) in [5, 5.41) is 22.1. The maximum atomic E-state index is 13.0. The molecular formula is C25H19Cl2NO4. The Morgan fingerprint density at radius 2 is 1.53 bits per heavy atom. The molecule has 0 spiro atoms. The summed E-state index contributed by atoms with van der Waals surface area (Å²) in [7, 11) is 0. The number of likely N-dealkylation sites (tertiary alicyclic amines) is 1. The second-order valence-corrected chi connectivity index (χ2v) is 8.34. The summed E-state index contributed by atoms with van der Waals surface area (Å²) >= 11 is 11.9. The van der Waals surface area contributed by atoms with Crippen LogP contribution in [0.3, 0.4) is 0 Å². The van der Waals surface area contributed by atoms with Crippen LogP contribution in [0.4, 0.5) is 0 Å². The van der Waals surface area contributed by atoms with E-state index in [0.29, 0.717) is 27.6 Å². The fraction of sp³-hybridized carbons (Fsp3) is 0.120. The van der Waals surface area contributed by atoms with Crippen LogP contribution >= 0.6 is 23.2 Å². The number of phenolic OH excluding ortho intramolecular Hbond substituents is 1. The number of ketones is 1. The minimum absolute atomic E-state index is 0.00252. The number of amides is 1. The lowest BCUT2D eigenvalue weighted by atomic mass is 9.95. The van der Waals surface area contributed by atoms with Gasteiger partial charge in [-0.25, -0.2) is 0 Å². The average Bonchev–Trinajstić information content (AvgIpc) is 3.03. The predicted molar refractivity (Wildman–Crippen MR) is 124 cm³/mol. The van der Waals surface area contributed by atoms with Crippen LogP contribution in [-0.4, -0.2) is 33.3 Å². The Hall–Kier alpha value is -3.28. The van der Waals surface area contributed by atoms with Gasteiger partial charge in [0.15, 0.2) is 0 Å². The second-order valence-electron chi connectivity index (χ2n) is 7.47. The number of rotatable bonds is 5. The Labute approximate surface area is 195 Å². The van der Waals surface area contributed by atoms with Gasteiger partial charge in [-0.15, -0.1) is 0 Å². The van der Waals surface area contributed by atoms with E-state index in [1.165, 1.54) is 17.0 Å². The van der Waals surface area contributed by atoms with E-state index in [2.05, 4.69) is 0 Å². The van der Waals surface area contributed by atoms with E-state index in [-0.39, 0.29) is 23.6 Å². The first kappa shape index (κ1) is 21.9. The van der Waals surface area contributed by atoms with E-state index >= 15 is 0 Å². The van der Waals surface area contributed by atoms with E-state index in [9.17, 15) is 19.8 Å². The largest absolute Gasteiger partial charge is 0.508 e. The van der Waals surface area contributed by atoms with Gasteiger partial charge in [0.2, 0.25) is 0 Å². The standard InChI is InChI=1S/C25H19Cl2NO4/c26-18-8-4-15(5-9-18)12-13-28-22(17-2-1-3-20(29)14-17)21(24(31)25(28)32)23(30)16-6-10-19(27)11-7-16/h1-11,14,22,29-30H,12-13H2/b23-21-. The summed E-state index contributed by atoms with van der Waals surface area (Å²) < 4.78 is 0. The summed E-state index contributed by atoms with van der Waals surface area (Å²) in [6.45, 7) is 0.240. The molecule has 162 valence electrons. The van der Waals surface area contributed by atoms with Gasteiger partial charge >= 0.3 is 0 Å². The van der Waals surface area contributed by atoms with Gasteiger partial charge in [-0.2, -0.15) is 0 Å². The molecule has 1 saturated heterocycles. The number of hydrogen-bond acceptors (Lipinski definition) is 4. The van der Waals surface area contributed by atoms with Crippen molar-refractivity contribution in [3.63, 3.8) is 0 Å². The molecule has 5 nitrogen and oxygen atoms in total. The number of halogens is 2. The molecule has 1 aliphatic rings. The number of aliphatic hydroxyl groups is 1. The van der Waals surface area contributed by atoms with Crippen molar-refractivity contribution in [2.24, 2.45) is 0 Å². The summed E-state index contributed by atoms with van der Waals surface area (Å²) in [5.41, 5.74) is 1.81. The van der Waals surface area contributed by atoms with Gasteiger partial charge in [0.25, 0.3) is 11.7 Å². The van der Waals surface area contributed by atoms with Crippen LogP contribution in [0.5, 0.6) is 5.75 Å². The predicted octanol–water partition coefficient (Wildman–Crippen LogP) is 5.36. The zero-order valence-corrected chi connectivity index (χ0v) is 18.3. The molecule has 0 bridgehead atoms. The van der Waals surface area contributed by atoms with E-state index in [0.717, 1.165) is 5.56 Å². The van der Waals surface area contributed by atoms with Gasteiger partial charge in [0.05, 0.1) is 11.6 Å². The van der Waals surface area contributed by atoms with Crippen LogP contribution in [0.1, 0.15) is 22.7 Å². The molecule has 1 aliphatic heterocycles. The molecule has 0 saturated carbocycles. The zero-order chi connectivity index (χ0) is 22.8. The molecule has 2 N–H and O–H groups in total. The van der Waals surface area contributed by atoms with Crippen molar-refractivity contribution in [3.05, 3.63) is 105 Å². The van der Waals surface area contributed by atoms with Crippen molar-refractivity contribution in [2.45, 2.75) is 12.5 Å². The molecule has 4 rings (SSSR count). The van der Waals surface area contributed by atoms with Crippen molar-refractivity contribution in [3.8, 4) is 5.75 Å². The van der Waals surface area contributed by atoms with Crippen LogP contribution in [0.25, 0.3) is 5.76 Å². The number of aliphatic hydroxyl groups excluding tert-OH is 1. The number of carbonyl (C=O) groups excluding carboxylic acids is 2. The third-order valence-corrected chi connectivity index (χ3v) is 5.90. The van der Waals surface area contributed by atoms with E-state index in [1.54, 1.807) is 48.5 Å². The van der Waals surface area contributed by atoms with Crippen LogP contribution < -0.4 is 0 Å². The first-order chi connectivity index (χ1) is 15.3. The Bertz CT molecular complexity index is 1200. The van der Waals surface area contributed by atoms with Crippen LogP contribution in [0.2, 0.25) is 10.0 Å². The SMILES string of the molecule is O=C1C(=O)N(CCc2ccc(Cl)cc2)C(c2cccc(O)c2)/C1=C(/O)c1ccc(Cl)cc1. The lowest BCUT2D eigenvalue weighted by molar-refractivity contribution is -0.139. The van der Waals surface area contributed by atoms with Gasteiger partial charge in [0, 0.05) is 22.2 Å². The average molecular weight is 468 g/mol. The number of nitrogens with zero attached hydrogens (tertiary/aromatic N) is 1. The summed E-state index contributed by atoms with van der Waals surface area (Å²) in [6, 6.07) is 19.1. The van der Waals surface area contributed by atoms with Crippen molar-refractivity contribution in [1.29, 1.82) is 0 Å². The molecule has 7 heteroatoms. The smallest absolute Gasteiger partial charge is 0.295 e. The summed E-state index contributed by atoms with van der Waals surface area (Å²) in [5.74, 6) is -1.77. The number of phenols is 1. The zero-order valence-electron chi connectivity index (χ0n) is 16.8. The Kier molecular flexibility index (Phi) is 6.21. The normalized spacial score (nSPS) is 17.7. The molecule has 1 fully saturated rings. The van der Waals surface area contributed by atoms with Crippen molar-refractivity contribution in [1.82, 2.24) is 4.90 Å². The lowest BCUT2D eigenvalue weighted by Gasteiger charge is -2.25. The van der Waals surface area contributed by atoms with Gasteiger partial charge in [-0.1, -0.05) is 47.5 Å². The van der Waals surface area contributed by atoms with E-state index in [4.69, 9.17) is 23.2 Å². The van der Waals surface area contributed by atoms with Gasteiger partial charge in [-0.3, -0.25) is 9.59 Å². The fourth-order valence-electron chi connectivity index (χ4n) is 3.82. The van der Waals surface area contributed by atoms with Gasteiger partial charge in [-0.05, 0) is 66.1 Å². The molecule has 1 heterocycles. The monoisotopic (exact) mass is 467 g/mol. The number of benzene rings is 3. The molecule has 3 aromatic rings. The maximum absolute atomic E-state index is 13.0. The first-order valence-electron chi connectivity index (χ1n) is 9.93. The highest BCUT2D eigenvalue weighted by Gasteiger charge is 2.45. The fourth-order valence-corrected chi connectivity index (χ4v) is 4.07. The Balaban J connectivity index is 1.77. The van der Waals surface area contributed by atoms with Crippen LogP contribution in [-0.2, 0) is 16.0 Å². The van der Waals surface area contributed by atoms with Crippen molar-refractivity contribution >= 4 is 40.7 Å². The Morgan fingerprint density at radius 1 is 0.906 bits per heavy atom. The van der Waals surface area contributed by atoms with Gasteiger partial charge < -0.3 is 15.1 Å². The first-order valence-corrected chi connectivity index (χ1v) is 10.7. The van der Waals surface area contributed by atoms with Crippen LogP contribution in [0.15, 0.2) is 78.4 Å². The van der Waals surface area contributed by atoms with Crippen molar-refractivity contribution < 1.29 is 19.8 Å². The second kappa shape index (κ2) is 9.07. The molecule has 0 aromatic heterocycles. The molecule has 32 heavy (non-hydrogen) atoms. The quantitative estimate of drug-likeness (QED) is 0.300. The molecule has 1 unspecified atom stereocenters. The molecule has 0 radical (unpaired) electrons. The lowest BCUT2D eigenvalue weighted by Crippen LogP contribution is -2.31. The maximum Gasteiger partial charge on any atom is 0.295 e. The summed E-state index contributed by atoms with van der Waals surface area (Å²) in [4.78, 5) is 27.4. The van der Waals surface area contributed by atoms with Crippen LogP contribution in [0, 0.1) is 0 Å². The van der Waals surface area contributed by atoms with E-state index < -0.39 is 17.7 Å². The Morgan fingerprint density at radius 3 is 2.16 bits per heavy atom. The number of Topliss-reactive ketones (excluding diaryl/α,β-unsaturated/α-hetero) is 1. The summed E-state index contributed by atoms with van der Waals surface area (Å²) in [6.07, 6.45) is 0.487. The van der Waals surface area contributed by atoms with E-state index in [1.807, 2.05) is 12.1 Å². The third kappa shape index (κ3) is 4.35. The molecular weight excluding hydrogens is 449 g/mol. The van der Waals surface area contributed by atoms with Gasteiger partial charge in [0.1, 0.15) is 11.5 Å². The highest BCUT2D eigenvalue weighted by molar-refractivity contribution is 6.46. The highest BCUT2D eigenvalue weighted by Crippen LogP contribution is 2.40. The molecule has 3 aromatic carbocycles. The number of carbonyl (C=O) groups is 2. The number of hydrogen-bond donors (Lipinski definition) is 2. The third-order valence-electron chi connectivity index (χ3n) is 5.40. The molecule has 0 aliphatic carbocycles. The topological polar surface area (TPSA) is 77.8 Å².